The van der Waals surface area contributed by atoms with Crippen molar-refractivity contribution in [1.29, 1.82) is 0 Å². The zero-order chi connectivity index (χ0) is 18.7. The fraction of sp³-hybridized carbons (Fsp3) is 0.500. The highest BCUT2D eigenvalue weighted by molar-refractivity contribution is 8.13. The maximum Gasteiger partial charge on any atom is 0.325 e. The highest BCUT2D eigenvalue weighted by atomic mass is 32.2. The molecule has 3 rings (SSSR count). The summed E-state index contributed by atoms with van der Waals surface area (Å²) in [6.07, 6.45) is 2.62. The molecular formula is C18H23FN4O2S. The maximum absolute atomic E-state index is 13.1. The summed E-state index contributed by atoms with van der Waals surface area (Å²) in [5, 5.41) is 3.16. The van der Waals surface area contributed by atoms with Gasteiger partial charge in [0, 0.05) is 19.3 Å². The molecule has 2 atom stereocenters. The van der Waals surface area contributed by atoms with Gasteiger partial charge in [-0.15, -0.1) is 0 Å². The second-order valence-corrected chi connectivity index (χ2v) is 7.43. The Morgan fingerprint density at radius 3 is 2.65 bits per heavy atom. The van der Waals surface area contributed by atoms with Crippen molar-refractivity contribution >= 4 is 28.9 Å². The van der Waals surface area contributed by atoms with Gasteiger partial charge in [-0.1, -0.05) is 43.7 Å². The van der Waals surface area contributed by atoms with Crippen LogP contribution in [0, 0.1) is 5.82 Å². The summed E-state index contributed by atoms with van der Waals surface area (Å²) in [6.45, 7) is 2.85. The number of amidine groups is 1. The van der Waals surface area contributed by atoms with E-state index in [9.17, 15) is 14.0 Å². The van der Waals surface area contributed by atoms with Gasteiger partial charge in [0.2, 0.25) is 0 Å². The highest BCUT2D eigenvalue weighted by Crippen LogP contribution is 2.30. The standard InChI is InChI=1S/C18H23FN4O2S/c1-3-4-5-10-23-14-15(22(2)17(25)21-16(14)24)20-18(23)26-11-12-6-8-13(19)9-7-12/h6-9,14-15H,3-5,10-11H2,1-2H3,(H,21,24,25). The lowest BCUT2D eigenvalue weighted by Crippen LogP contribution is -2.63. The molecule has 1 N–H and O–H groups in total. The summed E-state index contributed by atoms with van der Waals surface area (Å²) in [5.74, 6) is 0.0685. The number of hydrogen-bond donors (Lipinski definition) is 1. The minimum atomic E-state index is -0.492. The summed E-state index contributed by atoms with van der Waals surface area (Å²) in [4.78, 5) is 32.4. The van der Waals surface area contributed by atoms with Crippen molar-refractivity contribution in [2.24, 2.45) is 4.99 Å². The van der Waals surface area contributed by atoms with Crippen LogP contribution in [-0.2, 0) is 10.5 Å². The molecule has 3 amide bonds. The predicted molar refractivity (Wildman–Crippen MR) is 100 cm³/mol. The van der Waals surface area contributed by atoms with E-state index in [1.165, 1.54) is 28.8 Å². The van der Waals surface area contributed by atoms with Crippen molar-refractivity contribution in [3.05, 3.63) is 35.6 Å². The van der Waals surface area contributed by atoms with E-state index in [4.69, 9.17) is 0 Å². The molecule has 0 saturated carbocycles. The third kappa shape index (κ3) is 3.85. The lowest BCUT2D eigenvalue weighted by atomic mass is 10.1. The van der Waals surface area contributed by atoms with Gasteiger partial charge in [0.1, 0.15) is 5.82 Å². The van der Waals surface area contributed by atoms with Gasteiger partial charge >= 0.3 is 6.03 Å². The Labute approximate surface area is 156 Å². The van der Waals surface area contributed by atoms with Crippen molar-refractivity contribution in [2.75, 3.05) is 13.6 Å². The van der Waals surface area contributed by atoms with E-state index in [0.29, 0.717) is 5.75 Å². The first-order valence-electron chi connectivity index (χ1n) is 8.80. The zero-order valence-electron chi connectivity index (χ0n) is 14.9. The van der Waals surface area contributed by atoms with Crippen LogP contribution in [0.15, 0.2) is 29.3 Å². The summed E-state index contributed by atoms with van der Waals surface area (Å²) >= 11 is 1.52. The Balaban J connectivity index is 1.76. The van der Waals surface area contributed by atoms with Gasteiger partial charge < -0.3 is 9.80 Å². The van der Waals surface area contributed by atoms with E-state index in [2.05, 4.69) is 17.2 Å². The first-order valence-corrected chi connectivity index (χ1v) is 9.79. The number of rotatable bonds is 6. The third-order valence-corrected chi connectivity index (χ3v) is 5.68. The molecule has 0 aliphatic carbocycles. The lowest BCUT2D eigenvalue weighted by Gasteiger charge is -2.36. The second kappa shape index (κ2) is 8.07. The van der Waals surface area contributed by atoms with Crippen LogP contribution in [0.1, 0.15) is 31.7 Å². The van der Waals surface area contributed by atoms with Gasteiger partial charge in [0.15, 0.2) is 17.4 Å². The Hall–Kier alpha value is -2.09. The van der Waals surface area contributed by atoms with E-state index in [1.54, 1.807) is 19.2 Å². The molecule has 0 spiro atoms. The summed E-state index contributed by atoms with van der Waals surface area (Å²) < 4.78 is 13.1. The first-order chi connectivity index (χ1) is 12.5. The van der Waals surface area contributed by atoms with Crippen molar-refractivity contribution < 1.29 is 14.0 Å². The number of carbonyl (C=O) groups excluding carboxylic acids is 2. The van der Waals surface area contributed by atoms with Crippen LogP contribution in [0.4, 0.5) is 9.18 Å². The molecule has 1 fully saturated rings. The average molecular weight is 378 g/mol. The van der Waals surface area contributed by atoms with E-state index >= 15 is 0 Å². The zero-order valence-corrected chi connectivity index (χ0v) is 15.8. The number of fused-ring (bicyclic) bond motifs is 1. The van der Waals surface area contributed by atoms with Gasteiger partial charge in [0.05, 0.1) is 0 Å². The number of unbranched alkanes of at least 4 members (excludes halogenated alkanes) is 2. The number of thioether (sulfide) groups is 1. The normalized spacial score (nSPS) is 22.3. The van der Waals surface area contributed by atoms with Crippen LogP contribution in [0.3, 0.4) is 0 Å². The number of aliphatic imine (C=N–C) groups is 1. The fourth-order valence-corrected chi connectivity index (χ4v) is 4.16. The van der Waals surface area contributed by atoms with Crippen molar-refractivity contribution in [3.63, 3.8) is 0 Å². The summed E-state index contributed by atoms with van der Waals surface area (Å²) in [5.41, 5.74) is 0.983. The van der Waals surface area contributed by atoms with E-state index in [0.717, 1.165) is 36.5 Å². The average Bonchev–Trinajstić information content (AvgIpc) is 2.99. The molecule has 140 valence electrons. The SMILES string of the molecule is CCCCCN1C(SCc2ccc(F)cc2)=NC2C1C(=O)NC(=O)N2C. The summed E-state index contributed by atoms with van der Waals surface area (Å²) in [6, 6.07) is 5.46. The molecule has 6 nitrogen and oxygen atoms in total. The van der Waals surface area contributed by atoms with Gasteiger partial charge in [0.25, 0.3) is 5.91 Å². The Morgan fingerprint density at radius 1 is 1.23 bits per heavy atom. The number of halogens is 1. The monoisotopic (exact) mass is 378 g/mol. The largest absolute Gasteiger partial charge is 0.336 e. The van der Waals surface area contributed by atoms with Crippen LogP contribution >= 0.6 is 11.8 Å². The molecule has 0 bridgehead atoms. The van der Waals surface area contributed by atoms with Crippen LogP contribution in [0.2, 0.25) is 0 Å². The Morgan fingerprint density at radius 2 is 1.96 bits per heavy atom. The topological polar surface area (TPSA) is 65.0 Å². The smallest absolute Gasteiger partial charge is 0.325 e. The molecule has 26 heavy (non-hydrogen) atoms. The van der Waals surface area contributed by atoms with Gasteiger partial charge in [-0.05, 0) is 24.1 Å². The number of nitrogens with zero attached hydrogens (tertiary/aromatic N) is 3. The summed E-state index contributed by atoms with van der Waals surface area (Å²) in [7, 11) is 1.65. The van der Waals surface area contributed by atoms with Gasteiger partial charge in [-0.25, -0.2) is 14.2 Å². The molecule has 2 heterocycles. The van der Waals surface area contributed by atoms with Crippen molar-refractivity contribution in [3.8, 4) is 0 Å². The third-order valence-electron chi connectivity index (χ3n) is 4.61. The quantitative estimate of drug-likeness (QED) is 0.773. The van der Waals surface area contributed by atoms with Crippen molar-refractivity contribution in [1.82, 2.24) is 15.1 Å². The number of likely N-dealkylation sites (N-methyl/N-ethyl adjacent to an activating group) is 1. The van der Waals surface area contributed by atoms with Crippen LogP contribution in [0.25, 0.3) is 0 Å². The molecule has 8 heteroatoms. The minimum Gasteiger partial charge on any atom is -0.336 e. The highest BCUT2D eigenvalue weighted by Gasteiger charge is 2.48. The number of amides is 3. The molecular weight excluding hydrogens is 355 g/mol. The van der Waals surface area contributed by atoms with E-state index < -0.39 is 18.2 Å². The molecule has 0 aromatic heterocycles. The second-order valence-electron chi connectivity index (χ2n) is 6.49. The van der Waals surface area contributed by atoms with Gasteiger partial charge in [-0.3, -0.25) is 10.1 Å². The van der Waals surface area contributed by atoms with Crippen LogP contribution in [0.5, 0.6) is 0 Å². The number of urea groups is 1. The minimum absolute atomic E-state index is 0.263. The first kappa shape index (κ1) is 18.7. The number of nitrogens with one attached hydrogen (secondary N) is 1. The van der Waals surface area contributed by atoms with E-state index in [-0.39, 0.29) is 11.7 Å². The van der Waals surface area contributed by atoms with Gasteiger partial charge in [-0.2, -0.15) is 0 Å². The molecule has 2 aliphatic heterocycles. The molecule has 0 radical (unpaired) electrons. The molecule has 2 unspecified atom stereocenters. The fourth-order valence-electron chi connectivity index (χ4n) is 3.12. The predicted octanol–water partition coefficient (Wildman–Crippen LogP) is 2.80. The van der Waals surface area contributed by atoms with Crippen molar-refractivity contribution in [2.45, 2.75) is 44.1 Å². The van der Waals surface area contributed by atoms with E-state index in [1.807, 2.05) is 4.90 Å². The van der Waals surface area contributed by atoms with Crippen LogP contribution < -0.4 is 5.32 Å². The number of hydrogen-bond acceptors (Lipinski definition) is 5. The Bertz CT molecular complexity index is 710. The number of imide groups is 1. The molecule has 2 aliphatic rings. The molecule has 1 aromatic carbocycles. The lowest BCUT2D eigenvalue weighted by molar-refractivity contribution is -0.127. The number of benzene rings is 1. The maximum atomic E-state index is 13.1. The molecule has 1 saturated heterocycles. The van der Waals surface area contributed by atoms with Crippen LogP contribution in [-0.4, -0.2) is 52.7 Å². The Kier molecular flexibility index (Phi) is 5.80. The molecule has 1 aromatic rings. The number of carbonyl (C=O) groups is 2.